The second kappa shape index (κ2) is 9.64. The SMILES string of the molecule is COC(=O)[C@@H](CC(C)C)NC(=O)COC(=O)Cc1ccc(F)cc1. The third-order valence-corrected chi connectivity index (χ3v) is 3.15. The monoisotopic (exact) mass is 339 g/mol. The van der Waals surface area contributed by atoms with Crippen molar-refractivity contribution in [1.82, 2.24) is 5.32 Å². The van der Waals surface area contributed by atoms with Crippen molar-refractivity contribution in [2.75, 3.05) is 13.7 Å². The van der Waals surface area contributed by atoms with Gasteiger partial charge in [0.05, 0.1) is 13.5 Å². The Balaban J connectivity index is 2.44. The van der Waals surface area contributed by atoms with Gasteiger partial charge in [-0.2, -0.15) is 0 Å². The molecule has 132 valence electrons. The lowest BCUT2D eigenvalue weighted by Crippen LogP contribution is -2.44. The van der Waals surface area contributed by atoms with Gasteiger partial charge < -0.3 is 14.8 Å². The number of ether oxygens (including phenoxy) is 2. The van der Waals surface area contributed by atoms with Crippen molar-refractivity contribution in [2.45, 2.75) is 32.7 Å². The molecule has 0 heterocycles. The van der Waals surface area contributed by atoms with Crippen molar-refractivity contribution in [3.05, 3.63) is 35.6 Å². The summed E-state index contributed by atoms with van der Waals surface area (Å²) in [6.45, 7) is 3.32. The molecular weight excluding hydrogens is 317 g/mol. The molecule has 1 rings (SSSR count). The van der Waals surface area contributed by atoms with E-state index in [2.05, 4.69) is 10.1 Å². The topological polar surface area (TPSA) is 81.7 Å². The lowest BCUT2D eigenvalue weighted by Gasteiger charge is -2.18. The van der Waals surface area contributed by atoms with Crippen LogP contribution < -0.4 is 5.32 Å². The Hall–Kier alpha value is -2.44. The molecule has 1 atom stereocenters. The van der Waals surface area contributed by atoms with E-state index in [1.54, 1.807) is 0 Å². The first-order valence-corrected chi connectivity index (χ1v) is 7.59. The molecule has 1 aromatic carbocycles. The van der Waals surface area contributed by atoms with Crippen LogP contribution in [0.15, 0.2) is 24.3 Å². The first-order valence-electron chi connectivity index (χ1n) is 7.59. The first-order chi connectivity index (χ1) is 11.3. The number of carbonyl (C=O) groups excluding carboxylic acids is 3. The second-order valence-electron chi connectivity index (χ2n) is 5.74. The largest absolute Gasteiger partial charge is 0.467 e. The highest BCUT2D eigenvalue weighted by molar-refractivity contribution is 5.86. The molecular formula is C17H22FNO5. The van der Waals surface area contributed by atoms with Crippen LogP contribution in [-0.4, -0.2) is 37.6 Å². The standard InChI is InChI=1S/C17H22FNO5/c1-11(2)8-14(17(22)23-3)19-15(20)10-24-16(21)9-12-4-6-13(18)7-5-12/h4-7,11,14H,8-10H2,1-3H3,(H,19,20)/t14-/m1/s1. The van der Waals surface area contributed by atoms with E-state index in [0.717, 1.165) is 0 Å². The van der Waals surface area contributed by atoms with E-state index in [-0.39, 0.29) is 12.3 Å². The maximum atomic E-state index is 12.8. The van der Waals surface area contributed by atoms with E-state index >= 15 is 0 Å². The van der Waals surface area contributed by atoms with E-state index in [1.165, 1.54) is 31.4 Å². The Morgan fingerprint density at radius 1 is 1.17 bits per heavy atom. The number of nitrogens with one attached hydrogen (secondary N) is 1. The van der Waals surface area contributed by atoms with Crippen molar-refractivity contribution in [3.8, 4) is 0 Å². The molecule has 0 saturated heterocycles. The minimum atomic E-state index is -0.779. The highest BCUT2D eigenvalue weighted by Gasteiger charge is 2.23. The van der Waals surface area contributed by atoms with Gasteiger partial charge >= 0.3 is 11.9 Å². The number of amides is 1. The summed E-state index contributed by atoms with van der Waals surface area (Å²) in [4.78, 5) is 35.1. The summed E-state index contributed by atoms with van der Waals surface area (Å²) < 4.78 is 22.3. The molecule has 6 nitrogen and oxygen atoms in total. The molecule has 0 spiro atoms. The molecule has 0 bridgehead atoms. The van der Waals surface area contributed by atoms with E-state index in [4.69, 9.17) is 4.74 Å². The van der Waals surface area contributed by atoms with Crippen LogP contribution in [0.1, 0.15) is 25.8 Å². The number of rotatable bonds is 8. The van der Waals surface area contributed by atoms with Crippen molar-refractivity contribution in [2.24, 2.45) is 5.92 Å². The lowest BCUT2D eigenvalue weighted by atomic mass is 10.0. The number of hydrogen-bond acceptors (Lipinski definition) is 5. The number of carbonyl (C=O) groups is 3. The van der Waals surface area contributed by atoms with Gasteiger partial charge in [0.1, 0.15) is 11.9 Å². The first kappa shape index (κ1) is 19.6. The summed E-state index contributed by atoms with van der Waals surface area (Å²) in [7, 11) is 1.24. The van der Waals surface area contributed by atoms with Gasteiger partial charge in [-0.05, 0) is 30.0 Å². The molecule has 0 radical (unpaired) electrons. The Kier molecular flexibility index (Phi) is 7.88. The molecule has 24 heavy (non-hydrogen) atoms. The van der Waals surface area contributed by atoms with E-state index in [9.17, 15) is 18.8 Å². The molecule has 7 heteroatoms. The van der Waals surface area contributed by atoms with Gasteiger partial charge in [0.2, 0.25) is 0 Å². The third-order valence-electron chi connectivity index (χ3n) is 3.15. The average Bonchev–Trinajstić information content (AvgIpc) is 2.53. The van der Waals surface area contributed by atoms with Crippen LogP contribution in [0, 0.1) is 11.7 Å². The Bertz CT molecular complexity index is 571. The number of esters is 2. The summed E-state index contributed by atoms with van der Waals surface area (Å²) in [6, 6.07) is 4.63. The average molecular weight is 339 g/mol. The van der Waals surface area contributed by atoms with Crippen molar-refractivity contribution < 1.29 is 28.2 Å². The molecule has 0 aliphatic rings. The zero-order chi connectivity index (χ0) is 18.1. The van der Waals surface area contributed by atoms with Crippen LogP contribution in [0.3, 0.4) is 0 Å². The van der Waals surface area contributed by atoms with Gasteiger partial charge in [-0.1, -0.05) is 26.0 Å². The quantitative estimate of drug-likeness (QED) is 0.728. The molecule has 1 aromatic rings. The fourth-order valence-corrected chi connectivity index (χ4v) is 2.03. The summed E-state index contributed by atoms with van der Waals surface area (Å²) in [6.07, 6.45) is 0.349. The van der Waals surface area contributed by atoms with Crippen molar-refractivity contribution in [1.29, 1.82) is 0 Å². The maximum absolute atomic E-state index is 12.8. The normalized spacial score (nSPS) is 11.7. The van der Waals surface area contributed by atoms with Crippen LogP contribution in [0.4, 0.5) is 4.39 Å². The highest BCUT2D eigenvalue weighted by Crippen LogP contribution is 2.07. The number of benzene rings is 1. The fraction of sp³-hybridized carbons (Fsp3) is 0.471. The predicted octanol–water partition coefficient (Wildman–Crippen LogP) is 1.62. The van der Waals surface area contributed by atoms with E-state index < -0.39 is 36.3 Å². The Labute approximate surface area is 140 Å². The lowest BCUT2D eigenvalue weighted by molar-refractivity contribution is -0.150. The zero-order valence-electron chi connectivity index (χ0n) is 14.0. The van der Waals surface area contributed by atoms with Gasteiger partial charge in [-0.3, -0.25) is 9.59 Å². The molecule has 0 aromatic heterocycles. The summed E-state index contributed by atoms with van der Waals surface area (Å²) in [5, 5.41) is 2.49. The molecule has 0 unspecified atom stereocenters. The molecule has 0 aliphatic carbocycles. The van der Waals surface area contributed by atoms with Crippen molar-refractivity contribution in [3.63, 3.8) is 0 Å². The predicted molar refractivity (Wildman–Crippen MR) is 84.5 cm³/mol. The second-order valence-corrected chi connectivity index (χ2v) is 5.74. The third kappa shape index (κ3) is 7.21. The van der Waals surface area contributed by atoms with Crippen LogP contribution in [0.2, 0.25) is 0 Å². The Morgan fingerprint density at radius 2 is 1.79 bits per heavy atom. The fourth-order valence-electron chi connectivity index (χ4n) is 2.03. The van der Waals surface area contributed by atoms with Gasteiger partial charge in [0.15, 0.2) is 6.61 Å². The smallest absolute Gasteiger partial charge is 0.328 e. The van der Waals surface area contributed by atoms with E-state index in [1.807, 2.05) is 13.8 Å². The summed E-state index contributed by atoms with van der Waals surface area (Å²) in [5.74, 6) is -1.97. The van der Waals surface area contributed by atoms with Gasteiger partial charge in [0.25, 0.3) is 5.91 Å². The number of halogens is 1. The van der Waals surface area contributed by atoms with Crippen LogP contribution >= 0.6 is 0 Å². The minimum Gasteiger partial charge on any atom is -0.467 e. The molecule has 0 fully saturated rings. The van der Waals surface area contributed by atoms with Gasteiger partial charge in [-0.15, -0.1) is 0 Å². The highest BCUT2D eigenvalue weighted by atomic mass is 19.1. The van der Waals surface area contributed by atoms with Crippen LogP contribution in [0.25, 0.3) is 0 Å². The molecule has 1 amide bonds. The molecule has 0 aliphatic heterocycles. The van der Waals surface area contributed by atoms with Gasteiger partial charge in [0, 0.05) is 0 Å². The number of hydrogen-bond donors (Lipinski definition) is 1. The summed E-state index contributed by atoms with van der Waals surface area (Å²) >= 11 is 0. The molecule has 0 saturated carbocycles. The van der Waals surface area contributed by atoms with E-state index in [0.29, 0.717) is 12.0 Å². The zero-order valence-corrected chi connectivity index (χ0v) is 14.0. The van der Waals surface area contributed by atoms with Crippen LogP contribution in [-0.2, 0) is 30.3 Å². The number of methoxy groups -OCH3 is 1. The van der Waals surface area contributed by atoms with Crippen molar-refractivity contribution >= 4 is 17.8 Å². The molecule has 1 N–H and O–H groups in total. The summed E-state index contributed by atoms with van der Waals surface area (Å²) in [5.41, 5.74) is 0.578. The minimum absolute atomic E-state index is 0.0695. The Morgan fingerprint density at radius 3 is 2.33 bits per heavy atom. The van der Waals surface area contributed by atoms with Gasteiger partial charge in [-0.25, -0.2) is 9.18 Å². The van der Waals surface area contributed by atoms with Crippen LogP contribution in [0.5, 0.6) is 0 Å². The maximum Gasteiger partial charge on any atom is 0.328 e.